The number of carbonyl (C=O) groups excluding carboxylic acids is 1. The van der Waals surface area contributed by atoms with E-state index in [2.05, 4.69) is 10.0 Å². The maximum atomic E-state index is 12.8. The van der Waals surface area contributed by atoms with Crippen LogP contribution in [0.1, 0.15) is 38.1 Å². The Bertz CT molecular complexity index is 747. The van der Waals surface area contributed by atoms with Crippen molar-refractivity contribution in [3.63, 3.8) is 0 Å². The number of halogens is 1. The van der Waals surface area contributed by atoms with Gasteiger partial charge in [-0.15, -0.1) is 12.4 Å². The van der Waals surface area contributed by atoms with Gasteiger partial charge >= 0.3 is 0 Å². The minimum absolute atomic E-state index is 0. The molecule has 1 fully saturated rings. The molecule has 1 aliphatic rings. The van der Waals surface area contributed by atoms with E-state index in [1.54, 1.807) is 31.7 Å². The third-order valence-electron chi connectivity index (χ3n) is 3.90. The second-order valence-electron chi connectivity index (χ2n) is 7.27. The number of ether oxygens (including phenoxy) is 1. The fourth-order valence-corrected chi connectivity index (χ4v) is 4.40. The molecule has 2 N–H and O–H groups in total. The average molecular weight is 406 g/mol. The van der Waals surface area contributed by atoms with Gasteiger partial charge < -0.3 is 15.0 Å². The lowest BCUT2D eigenvalue weighted by atomic mass is 10.1. The highest BCUT2D eigenvalue weighted by Gasteiger charge is 2.29. The van der Waals surface area contributed by atoms with Crippen molar-refractivity contribution >= 4 is 28.3 Å². The number of methoxy groups -OCH3 is 1. The minimum atomic E-state index is -3.82. The summed E-state index contributed by atoms with van der Waals surface area (Å²) < 4.78 is 33.2. The Labute approximate surface area is 161 Å². The molecular weight excluding hydrogens is 378 g/mol. The first-order valence-electron chi connectivity index (χ1n) is 8.29. The summed E-state index contributed by atoms with van der Waals surface area (Å²) in [6, 6.07) is 4.57. The van der Waals surface area contributed by atoms with Crippen molar-refractivity contribution in [2.24, 2.45) is 0 Å². The summed E-state index contributed by atoms with van der Waals surface area (Å²) in [5.41, 5.74) is -0.305. The third-order valence-corrected chi connectivity index (χ3v) is 5.68. The van der Waals surface area contributed by atoms with Gasteiger partial charge in [0, 0.05) is 36.8 Å². The maximum Gasteiger partial charge on any atom is 0.254 e. The lowest BCUT2D eigenvalue weighted by molar-refractivity contribution is 0.0655. The van der Waals surface area contributed by atoms with Crippen molar-refractivity contribution in [1.29, 1.82) is 0 Å². The van der Waals surface area contributed by atoms with Crippen molar-refractivity contribution < 1.29 is 17.9 Å². The van der Waals surface area contributed by atoms with Crippen LogP contribution >= 0.6 is 12.4 Å². The molecule has 1 aromatic carbocycles. The third kappa shape index (κ3) is 5.33. The predicted octanol–water partition coefficient (Wildman–Crippen LogP) is 1.63. The molecule has 148 valence electrons. The zero-order valence-electron chi connectivity index (χ0n) is 15.8. The normalized spacial score (nSPS) is 18.2. The SMILES string of the molecule is COc1ccc(C(=O)N2CCNC[C@@H]2C)cc1S(=O)(=O)NC(C)(C)C.Cl. The number of piperazine rings is 1. The number of sulfonamides is 1. The molecule has 2 rings (SSSR count). The van der Waals surface area contributed by atoms with Crippen molar-refractivity contribution in [3.8, 4) is 5.75 Å². The van der Waals surface area contributed by atoms with Crippen LogP contribution < -0.4 is 14.8 Å². The lowest BCUT2D eigenvalue weighted by Gasteiger charge is -2.34. The monoisotopic (exact) mass is 405 g/mol. The van der Waals surface area contributed by atoms with Crippen LogP contribution in [0.5, 0.6) is 5.75 Å². The summed E-state index contributed by atoms with van der Waals surface area (Å²) in [4.78, 5) is 14.5. The van der Waals surface area contributed by atoms with E-state index in [0.29, 0.717) is 12.1 Å². The highest BCUT2D eigenvalue weighted by molar-refractivity contribution is 7.89. The first-order chi connectivity index (χ1) is 11.5. The molecule has 1 amide bonds. The van der Waals surface area contributed by atoms with Crippen LogP contribution in [0.2, 0.25) is 0 Å². The molecule has 0 aliphatic carbocycles. The van der Waals surface area contributed by atoms with Crippen LogP contribution in [0, 0.1) is 0 Å². The Morgan fingerprint density at radius 1 is 1.35 bits per heavy atom. The Kier molecular flexibility index (Phi) is 7.47. The molecule has 1 atom stereocenters. The lowest BCUT2D eigenvalue weighted by Crippen LogP contribution is -2.52. The molecule has 1 aromatic rings. The molecule has 0 bridgehead atoms. The van der Waals surface area contributed by atoms with Gasteiger partial charge in [-0.3, -0.25) is 4.79 Å². The summed E-state index contributed by atoms with van der Waals surface area (Å²) in [5, 5.41) is 3.23. The molecule has 1 heterocycles. The second kappa shape index (κ2) is 8.56. The van der Waals surface area contributed by atoms with Gasteiger partial charge in [0.15, 0.2) is 0 Å². The zero-order chi connectivity index (χ0) is 18.8. The van der Waals surface area contributed by atoms with Crippen LogP contribution in [-0.4, -0.2) is 57.5 Å². The van der Waals surface area contributed by atoms with E-state index in [-0.39, 0.29) is 35.0 Å². The average Bonchev–Trinajstić information content (AvgIpc) is 2.52. The number of hydrogen-bond acceptors (Lipinski definition) is 5. The number of nitrogens with one attached hydrogen (secondary N) is 2. The zero-order valence-corrected chi connectivity index (χ0v) is 17.5. The molecule has 0 radical (unpaired) electrons. The van der Waals surface area contributed by atoms with Gasteiger partial charge in [0.1, 0.15) is 10.6 Å². The summed E-state index contributed by atoms with van der Waals surface area (Å²) >= 11 is 0. The number of benzene rings is 1. The molecule has 1 saturated heterocycles. The van der Waals surface area contributed by atoms with Crippen LogP contribution in [0.3, 0.4) is 0 Å². The highest BCUT2D eigenvalue weighted by atomic mass is 35.5. The maximum absolute atomic E-state index is 12.8. The minimum Gasteiger partial charge on any atom is -0.495 e. The van der Waals surface area contributed by atoms with Gasteiger partial charge in [0.2, 0.25) is 10.0 Å². The number of carbonyl (C=O) groups is 1. The van der Waals surface area contributed by atoms with E-state index in [1.807, 2.05) is 6.92 Å². The second-order valence-corrected chi connectivity index (χ2v) is 8.92. The molecule has 0 aromatic heterocycles. The van der Waals surface area contributed by atoms with Crippen LogP contribution in [0.15, 0.2) is 23.1 Å². The molecule has 1 aliphatic heterocycles. The van der Waals surface area contributed by atoms with E-state index >= 15 is 0 Å². The van der Waals surface area contributed by atoms with E-state index in [0.717, 1.165) is 13.1 Å². The van der Waals surface area contributed by atoms with Crippen molar-refractivity contribution in [2.45, 2.75) is 44.2 Å². The largest absolute Gasteiger partial charge is 0.495 e. The van der Waals surface area contributed by atoms with Crippen LogP contribution in [0.4, 0.5) is 0 Å². The number of hydrogen-bond donors (Lipinski definition) is 2. The van der Waals surface area contributed by atoms with Crippen LogP contribution in [-0.2, 0) is 10.0 Å². The Balaban J connectivity index is 0.00000338. The number of rotatable bonds is 4. The van der Waals surface area contributed by atoms with Crippen molar-refractivity contribution in [2.75, 3.05) is 26.7 Å². The van der Waals surface area contributed by atoms with E-state index in [4.69, 9.17) is 4.74 Å². The Hall–Kier alpha value is -1.35. The van der Waals surface area contributed by atoms with Crippen molar-refractivity contribution in [1.82, 2.24) is 14.9 Å². The smallest absolute Gasteiger partial charge is 0.254 e. The fourth-order valence-electron chi connectivity index (χ4n) is 2.79. The summed E-state index contributed by atoms with van der Waals surface area (Å²) in [7, 11) is -2.41. The van der Waals surface area contributed by atoms with E-state index in [9.17, 15) is 13.2 Å². The Morgan fingerprint density at radius 3 is 2.54 bits per heavy atom. The summed E-state index contributed by atoms with van der Waals surface area (Å²) in [6.45, 7) is 9.28. The van der Waals surface area contributed by atoms with Crippen molar-refractivity contribution in [3.05, 3.63) is 23.8 Å². The molecule has 9 heteroatoms. The fraction of sp³-hybridized carbons (Fsp3) is 0.588. The summed E-state index contributed by atoms with van der Waals surface area (Å²) in [5.74, 6) is 0.0329. The highest BCUT2D eigenvalue weighted by Crippen LogP contribution is 2.27. The summed E-state index contributed by atoms with van der Waals surface area (Å²) in [6.07, 6.45) is 0. The molecule has 7 nitrogen and oxygen atoms in total. The molecule has 26 heavy (non-hydrogen) atoms. The van der Waals surface area contributed by atoms with E-state index in [1.165, 1.54) is 19.2 Å². The molecule has 0 spiro atoms. The van der Waals surface area contributed by atoms with E-state index < -0.39 is 15.6 Å². The Morgan fingerprint density at radius 2 is 2.00 bits per heavy atom. The van der Waals surface area contributed by atoms with Gasteiger partial charge in [0.25, 0.3) is 5.91 Å². The van der Waals surface area contributed by atoms with Gasteiger partial charge in [-0.05, 0) is 45.9 Å². The van der Waals surface area contributed by atoms with Gasteiger partial charge in [-0.1, -0.05) is 0 Å². The standard InChI is InChI=1S/C17H27N3O4S.ClH/c1-12-11-18-8-9-20(12)16(21)13-6-7-14(24-5)15(10-13)25(22,23)19-17(2,3)4;/h6-7,10,12,18-19H,8-9,11H2,1-5H3;1H/t12-;/m0./s1. The molecule has 0 saturated carbocycles. The predicted molar refractivity (Wildman–Crippen MR) is 104 cm³/mol. The number of nitrogens with zero attached hydrogens (tertiary/aromatic N) is 1. The van der Waals surface area contributed by atoms with Gasteiger partial charge in [-0.2, -0.15) is 0 Å². The first-order valence-corrected chi connectivity index (χ1v) is 9.77. The quantitative estimate of drug-likeness (QED) is 0.794. The van der Waals surface area contributed by atoms with Gasteiger partial charge in [-0.25, -0.2) is 13.1 Å². The first kappa shape index (κ1) is 22.7. The van der Waals surface area contributed by atoms with Gasteiger partial charge in [0.05, 0.1) is 7.11 Å². The van der Waals surface area contributed by atoms with Crippen LogP contribution in [0.25, 0.3) is 0 Å². The number of amides is 1. The molecule has 0 unspecified atom stereocenters. The molecular formula is C17H28ClN3O4S. The topological polar surface area (TPSA) is 87.7 Å².